The van der Waals surface area contributed by atoms with Gasteiger partial charge in [0.05, 0.1) is 36.0 Å². The molecule has 2 aromatic carbocycles. The van der Waals surface area contributed by atoms with Gasteiger partial charge in [-0.05, 0) is 99.8 Å². The highest BCUT2D eigenvalue weighted by Crippen LogP contribution is 2.29. The lowest BCUT2D eigenvalue weighted by Crippen LogP contribution is -2.58. The fraction of sp³-hybridized carbons (Fsp3) is 0.547. The van der Waals surface area contributed by atoms with E-state index in [1.165, 1.54) is 18.1 Å². The number of guanidine groups is 3. The lowest BCUT2D eigenvalue weighted by atomic mass is 10.0. The summed E-state index contributed by atoms with van der Waals surface area (Å²) in [7, 11) is 1.43. The number of nitrogens with zero attached hydrogens (tertiary/aromatic N) is 6. The third-order valence-electron chi connectivity index (χ3n) is 16.0. The molecule has 1 aliphatic rings. The minimum atomic E-state index is -1.68. The van der Waals surface area contributed by atoms with E-state index in [1.54, 1.807) is 39.8 Å². The number of ether oxygens (including phenoxy) is 1. The van der Waals surface area contributed by atoms with Crippen molar-refractivity contribution in [1.82, 2.24) is 52.8 Å². The third kappa shape index (κ3) is 30.3. The topological polar surface area (TPSA) is 656 Å². The minimum Gasteiger partial charge on any atom is -0.497 e. The second kappa shape index (κ2) is 43.1. The molecule has 3 aromatic rings. The Morgan fingerprint density at radius 3 is 1.67 bits per heavy atom. The molecule has 1 aliphatic heterocycles. The number of amides is 11. The number of nitro benzene ring substituents is 2. The Balaban J connectivity index is 1.48. The molecule has 576 valence electrons. The van der Waals surface area contributed by atoms with Crippen LogP contribution in [0.5, 0.6) is 5.75 Å². The van der Waals surface area contributed by atoms with Gasteiger partial charge in [-0.25, -0.2) is 4.79 Å². The number of hydrogen-bond donors (Lipinski definition) is 17. The number of nitrogens with one attached hydrogen (secondary N) is 10. The van der Waals surface area contributed by atoms with E-state index in [-0.39, 0.29) is 138 Å². The number of fused-ring (bicyclic) bond motifs is 1. The van der Waals surface area contributed by atoms with Crippen LogP contribution in [0.1, 0.15) is 110 Å². The number of methoxy groups -OCH3 is 1. The Labute approximate surface area is 603 Å². The average Bonchev–Trinajstić information content (AvgIpc) is 1.52. The lowest BCUT2D eigenvalue weighted by molar-refractivity contribution is -0.393. The SMILES string of the molecule is COc1ccc2c(CC(=O)N[C@@H](CCCN=C(N)N)C(=O)N3CCC[C@H]3C(=O)N[C@@H](CC(C)C)C(=O)NCC(=O)N[C@@H](CC(C)C)C(=O)N[C@@H](CNc3ccc([N+](=O)[O-])cc3[N+](=O)[O-])C(=O)NCCC(=O)N[C@@H](CCCN=C(N)N)C(=O)NCCC(=O)N[C@@H](CCCN=C(N)N)C(N)=O)cc(=O)oc2c1. The van der Waals surface area contributed by atoms with Crippen LogP contribution in [0.4, 0.5) is 17.1 Å². The van der Waals surface area contributed by atoms with Crippen molar-refractivity contribution in [3.8, 4) is 5.75 Å². The van der Waals surface area contributed by atoms with Crippen LogP contribution in [-0.4, -0.2) is 199 Å². The zero-order valence-corrected chi connectivity index (χ0v) is 59.2. The number of nitrogens with two attached hydrogens (primary N) is 7. The summed E-state index contributed by atoms with van der Waals surface area (Å²) in [6.07, 6.45) is 0.154. The zero-order valence-electron chi connectivity index (χ0n) is 59.2. The molecule has 1 aromatic heterocycles. The van der Waals surface area contributed by atoms with Gasteiger partial charge in [0, 0.05) is 82.2 Å². The monoisotopic (exact) mass is 1480 g/mol. The van der Waals surface area contributed by atoms with E-state index in [0.717, 1.165) is 18.2 Å². The molecule has 7 atom stereocenters. The van der Waals surface area contributed by atoms with Crippen LogP contribution < -0.4 is 104 Å². The molecule has 41 heteroatoms. The van der Waals surface area contributed by atoms with Crippen molar-refractivity contribution in [2.45, 2.75) is 153 Å². The maximum atomic E-state index is 14.5. The number of likely N-dealkylation sites (tertiary alicyclic amines) is 1. The summed E-state index contributed by atoms with van der Waals surface area (Å²) < 4.78 is 10.6. The summed E-state index contributed by atoms with van der Waals surface area (Å²) in [5.41, 5.74) is 36.1. The van der Waals surface area contributed by atoms with Gasteiger partial charge in [0.15, 0.2) is 17.9 Å². The van der Waals surface area contributed by atoms with Crippen molar-refractivity contribution in [3.63, 3.8) is 0 Å². The highest BCUT2D eigenvalue weighted by atomic mass is 16.6. The second-order valence-corrected chi connectivity index (χ2v) is 25.3. The van der Waals surface area contributed by atoms with Gasteiger partial charge < -0.3 is 107 Å². The molecule has 0 radical (unpaired) electrons. The predicted molar refractivity (Wildman–Crippen MR) is 383 cm³/mol. The Kier molecular flexibility index (Phi) is 35.1. The number of benzene rings is 2. The molecule has 0 bridgehead atoms. The van der Waals surface area contributed by atoms with E-state index in [4.69, 9.17) is 49.3 Å². The minimum absolute atomic E-state index is 0.0251. The molecule has 0 aliphatic carbocycles. The Morgan fingerprint density at radius 1 is 0.600 bits per heavy atom. The van der Waals surface area contributed by atoms with Gasteiger partial charge in [-0.15, -0.1) is 0 Å². The van der Waals surface area contributed by atoms with Crippen LogP contribution in [0, 0.1) is 32.1 Å². The average molecular weight is 1480 g/mol. The van der Waals surface area contributed by atoms with Crippen molar-refractivity contribution in [1.29, 1.82) is 0 Å². The molecule has 105 heavy (non-hydrogen) atoms. The summed E-state index contributed by atoms with van der Waals surface area (Å²) in [5.74, 6) is -9.40. The Morgan fingerprint density at radius 2 is 1.12 bits per heavy atom. The normalized spacial score (nSPS) is 14.1. The first-order valence-electron chi connectivity index (χ1n) is 33.8. The molecule has 1 saturated heterocycles. The van der Waals surface area contributed by atoms with Gasteiger partial charge in [0.2, 0.25) is 65.0 Å². The van der Waals surface area contributed by atoms with E-state index >= 15 is 0 Å². The molecule has 0 unspecified atom stereocenters. The summed E-state index contributed by atoms with van der Waals surface area (Å²) in [6.45, 7) is 5.25. The van der Waals surface area contributed by atoms with E-state index in [9.17, 15) is 77.8 Å². The van der Waals surface area contributed by atoms with Crippen molar-refractivity contribution >= 4 is 111 Å². The van der Waals surface area contributed by atoms with Crippen LogP contribution >= 0.6 is 0 Å². The number of anilines is 1. The molecule has 0 spiro atoms. The van der Waals surface area contributed by atoms with Gasteiger partial charge in [0.25, 0.3) is 11.4 Å². The molecule has 2 heterocycles. The first-order valence-corrected chi connectivity index (χ1v) is 33.8. The van der Waals surface area contributed by atoms with Crippen LogP contribution in [0.2, 0.25) is 0 Å². The summed E-state index contributed by atoms with van der Waals surface area (Å²) in [4.78, 5) is 198. The van der Waals surface area contributed by atoms with Gasteiger partial charge in [0.1, 0.15) is 59.3 Å². The first-order chi connectivity index (χ1) is 49.6. The highest BCUT2D eigenvalue weighted by molar-refractivity contribution is 5.98. The van der Waals surface area contributed by atoms with Crippen molar-refractivity contribution in [2.24, 2.45) is 66.9 Å². The summed E-state index contributed by atoms with van der Waals surface area (Å²) in [5, 5.41) is 49.8. The number of carbonyl (C=O) groups excluding carboxylic acids is 11. The number of rotatable bonds is 45. The predicted octanol–water partition coefficient (Wildman–Crippen LogP) is -3.96. The number of primary amides is 1. The van der Waals surface area contributed by atoms with E-state index in [2.05, 4.69) is 68.1 Å². The fourth-order valence-corrected chi connectivity index (χ4v) is 10.9. The van der Waals surface area contributed by atoms with Crippen LogP contribution in [0.3, 0.4) is 0 Å². The van der Waals surface area contributed by atoms with E-state index < -0.39 is 160 Å². The van der Waals surface area contributed by atoms with Crippen molar-refractivity contribution < 1.29 is 71.7 Å². The molecule has 41 nitrogen and oxygen atoms in total. The fourth-order valence-electron chi connectivity index (χ4n) is 10.9. The lowest BCUT2D eigenvalue weighted by Gasteiger charge is -2.30. The Hall–Kier alpha value is -12.0. The molecular formula is C64H97N23O18. The van der Waals surface area contributed by atoms with E-state index in [1.807, 2.05) is 0 Å². The zero-order chi connectivity index (χ0) is 78.0. The van der Waals surface area contributed by atoms with Crippen LogP contribution in [-0.2, 0) is 59.2 Å². The third-order valence-corrected chi connectivity index (χ3v) is 16.0. The first kappa shape index (κ1) is 85.4. The largest absolute Gasteiger partial charge is 0.497 e. The number of hydrogen-bond acceptors (Lipinski definition) is 22. The van der Waals surface area contributed by atoms with Gasteiger partial charge in [-0.3, -0.25) is 87.9 Å². The highest BCUT2D eigenvalue weighted by Gasteiger charge is 2.40. The molecule has 24 N–H and O–H groups in total. The van der Waals surface area contributed by atoms with Crippen molar-refractivity contribution in [2.75, 3.05) is 64.8 Å². The van der Waals surface area contributed by atoms with Gasteiger partial charge >= 0.3 is 5.63 Å². The number of non-ortho nitro benzene ring substituents is 1. The quantitative estimate of drug-likeness (QED) is 0.00641. The smallest absolute Gasteiger partial charge is 0.336 e. The van der Waals surface area contributed by atoms with Crippen molar-refractivity contribution in [3.05, 3.63) is 78.7 Å². The van der Waals surface area contributed by atoms with Crippen LogP contribution in [0.25, 0.3) is 11.0 Å². The molecule has 1 fully saturated rings. The standard InChI is InChI=1S/C64H97N23O18/c1-34(2)26-44(83-60(98)47-13-9-25-85(47)61(99)43(12-8-22-76-64(70)71)81-52(90)28-36-29-54(92)105-49-31-38(104-5)15-16-39(36)49)57(95)78-33-53(91)82-45(27-35(3)4)59(97)84-46(32-77-40-17-14-37(86(100)101)30-48(40)87(102)103)58(96)73-24-19-51(89)80-42(11-7-21-75-63(68)69)56(94)72-23-18-50(88)79-41(55(65)93)10-6-20-74-62(66)67/h14-17,29-31,34-35,41-47,77H,6-13,18-28,32-33H2,1-5H3,(H2,65,93)(H,72,94)(H,73,96)(H,78,95)(H,79,88)(H,80,89)(H,81,90)(H,82,91)(H,83,98)(H,84,97)(H4,66,67,74)(H4,68,69,75)(H4,70,71,76)/t41-,42-,43-,44-,45-,46-,47-/m0/s1. The van der Waals surface area contributed by atoms with Gasteiger partial charge in [-0.1, -0.05) is 27.7 Å². The molecule has 4 rings (SSSR count). The second-order valence-electron chi connectivity index (χ2n) is 25.3. The van der Waals surface area contributed by atoms with Gasteiger partial charge in [-0.2, -0.15) is 0 Å². The maximum absolute atomic E-state index is 14.5. The molecular weight excluding hydrogens is 1380 g/mol. The number of nitro groups is 2. The molecule has 0 saturated carbocycles. The maximum Gasteiger partial charge on any atom is 0.336 e. The van der Waals surface area contributed by atoms with E-state index in [0.29, 0.717) is 35.6 Å². The number of aliphatic imine (C=N–C) groups is 3. The number of carbonyl (C=O) groups is 11. The Bertz CT molecular complexity index is 3740. The summed E-state index contributed by atoms with van der Waals surface area (Å²) in [6, 6.07) is -0.509. The van der Waals surface area contributed by atoms with Crippen LogP contribution in [0.15, 0.2) is 66.7 Å². The molecule has 11 amide bonds. The summed E-state index contributed by atoms with van der Waals surface area (Å²) >= 11 is 0.